The number of benzene rings is 2. The minimum atomic E-state index is -0.676. The van der Waals surface area contributed by atoms with Crippen molar-refractivity contribution in [2.75, 3.05) is 5.32 Å². The number of phenols is 1. The van der Waals surface area contributed by atoms with Crippen molar-refractivity contribution in [1.82, 2.24) is 0 Å². The van der Waals surface area contributed by atoms with E-state index >= 15 is 0 Å². The molecule has 0 atom stereocenters. The fourth-order valence-corrected chi connectivity index (χ4v) is 1.90. The molecule has 5 heteroatoms. The Bertz CT molecular complexity index is 617. The Hall–Kier alpha value is -1.81. The molecule has 0 aromatic heterocycles. The molecule has 0 aliphatic heterocycles. The largest absolute Gasteiger partial charge is 0.506 e. The van der Waals surface area contributed by atoms with Gasteiger partial charge in [0.25, 0.3) is 0 Å². The van der Waals surface area contributed by atoms with Gasteiger partial charge in [-0.05, 0) is 24.6 Å². The van der Waals surface area contributed by atoms with Crippen molar-refractivity contribution >= 4 is 17.3 Å². The van der Waals surface area contributed by atoms with E-state index in [1.165, 1.54) is 18.2 Å². The highest BCUT2D eigenvalue weighted by Gasteiger charge is 2.12. The van der Waals surface area contributed by atoms with Crippen LogP contribution in [0.2, 0.25) is 5.02 Å². The van der Waals surface area contributed by atoms with Crippen LogP contribution in [0.1, 0.15) is 11.1 Å². The number of hydrogen-bond acceptors (Lipinski definition) is 2. The van der Waals surface area contributed by atoms with Crippen LogP contribution < -0.4 is 5.32 Å². The molecule has 0 spiro atoms. The maximum absolute atomic E-state index is 13.8. The lowest BCUT2D eigenvalue weighted by Gasteiger charge is -2.11. The Morgan fingerprint density at radius 3 is 2.68 bits per heavy atom. The quantitative estimate of drug-likeness (QED) is 0.883. The minimum absolute atomic E-state index is 0.0731. The Balaban J connectivity index is 2.24. The molecule has 2 N–H and O–H groups in total. The van der Waals surface area contributed by atoms with Crippen molar-refractivity contribution in [2.45, 2.75) is 13.5 Å². The Labute approximate surface area is 114 Å². The molecule has 0 saturated carbocycles. The maximum Gasteiger partial charge on any atom is 0.152 e. The van der Waals surface area contributed by atoms with Crippen molar-refractivity contribution in [3.63, 3.8) is 0 Å². The van der Waals surface area contributed by atoms with Gasteiger partial charge in [0.1, 0.15) is 17.3 Å². The molecule has 2 aromatic rings. The third kappa shape index (κ3) is 2.79. The second kappa shape index (κ2) is 5.45. The van der Waals surface area contributed by atoms with Crippen LogP contribution in [0.3, 0.4) is 0 Å². The monoisotopic (exact) mass is 283 g/mol. The van der Waals surface area contributed by atoms with Crippen LogP contribution in [-0.2, 0) is 6.54 Å². The summed E-state index contributed by atoms with van der Waals surface area (Å²) in [5.41, 5.74) is 0.603. The van der Waals surface area contributed by atoms with Crippen molar-refractivity contribution in [3.05, 3.63) is 58.1 Å². The van der Waals surface area contributed by atoms with Crippen LogP contribution in [0.5, 0.6) is 5.75 Å². The number of nitrogens with one attached hydrogen (secondary N) is 1. The molecule has 0 aliphatic rings. The summed E-state index contributed by atoms with van der Waals surface area (Å²) in [6.45, 7) is 1.63. The van der Waals surface area contributed by atoms with Crippen molar-refractivity contribution in [2.24, 2.45) is 0 Å². The van der Waals surface area contributed by atoms with Gasteiger partial charge in [-0.15, -0.1) is 0 Å². The number of aryl methyl sites for hydroxylation is 1. The van der Waals surface area contributed by atoms with Crippen LogP contribution in [-0.4, -0.2) is 5.11 Å². The van der Waals surface area contributed by atoms with Gasteiger partial charge in [0.2, 0.25) is 0 Å². The topological polar surface area (TPSA) is 32.3 Å². The van der Waals surface area contributed by atoms with Crippen molar-refractivity contribution in [1.29, 1.82) is 0 Å². The predicted octanol–water partition coefficient (Wildman–Crippen LogP) is 4.24. The molecule has 0 radical (unpaired) electrons. The molecule has 0 aliphatic carbocycles. The first kappa shape index (κ1) is 13.6. The standard InChI is InChI=1S/C14H12ClF2NO/c1-8-5-6-11(16)13(12(8)17)18-7-9-3-2-4-10(15)14(9)19/h2-6,18-19H,7H2,1H3. The highest BCUT2D eigenvalue weighted by molar-refractivity contribution is 6.32. The van der Waals surface area contributed by atoms with E-state index in [0.29, 0.717) is 11.1 Å². The molecule has 2 nitrogen and oxygen atoms in total. The average Bonchev–Trinajstić information content (AvgIpc) is 2.39. The number of para-hydroxylation sites is 1. The number of aromatic hydroxyl groups is 1. The van der Waals surface area contributed by atoms with Gasteiger partial charge in [0.05, 0.1) is 5.02 Å². The van der Waals surface area contributed by atoms with Crippen LogP contribution in [0.25, 0.3) is 0 Å². The summed E-state index contributed by atoms with van der Waals surface area (Å²) in [4.78, 5) is 0. The van der Waals surface area contributed by atoms with Crippen molar-refractivity contribution < 1.29 is 13.9 Å². The number of hydrogen-bond donors (Lipinski definition) is 2. The van der Waals surface area contributed by atoms with Gasteiger partial charge in [-0.3, -0.25) is 0 Å². The van der Waals surface area contributed by atoms with E-state index in [1.807, 2.05) is 0 Å². The minimum Gasteiger partial charge on any atom is -0.506 e. The van der Waals surface area contributed by atoms with Gasteiger partial charge in [0, 0.05) is 12.1 Å². The summed E-state index contributed by atoms with van der Waals surface area (Å²) in [6.07, 6.45) is 0. The summed E-state index contributed by atoms with van der Waals surface area (Å²) in [7, 11) is 0. The highest BCUT2D eigenvalue weighted by Crippen LogP contribution is 2.28. The molecule has 2 aromatic carbocycles. The van der Waals surface area contributed by atoms with E-state index in [1.54, 1.807) is 19.1 Å². The number of halogens is 3. The zero-order valence-electron chi connectivity index (χ0n) is 10.2. The molecule has 0 bridgehead atoms. The third-order valence-electron chi connectivity index (χ3n) is 2.81. The van der Waals surface area contributed by atoms with Gasteiger partial charge in [-0.25, -0.2) is 8.78 Å². The van der Waals surface area contributed by atoms with Gasteiger partial charge >= 0.3 is 0 Å². The highest BCUT2D eigenvalue weighted by atomic mass is 35.5. The molecule has 2 rings (SSSR count). The summed E-state index contributed by atoms with van der Waals surface area (Å²) in [5.74, 6) is -1.41. The summed E-state index contributed by atoms with van der Waals surface area (Å²) >= 11 is 5.76. The zero-order chi connectivity index (χ0) is 14.0. The predicted molar refractivity (Wildman–Crippen MR) is 71.5 cm³/mol. The molecule has 0 saturated heterocycles. The second-order valence-electron chi connectivity index (χ2n) is 4.15. The van der Waals surface area contributed by atoms with E-state index in [4.69, 9.17) is 11.6 Å². The lowest BCUT2D eigenvalue weighted by Crippen LogP contribution is -2.05. The lowest BCUT2D eigenvalue weighted by atomic mass is 10.1. The molecule has 100 valence electrons. The fraction of sp³-hybridized carbons (Fsp3) is 0.143. The molecule has 0 unspecified atom stereocenters. The van der Waals surface area contributed by atoms with Crippen LogP contribution >= 0.6 is 11.6 Å². The average molecular weight is 284 g/mol. The van der Waals surface area contributed by atoms with Gasteiger partial charge in [0.15, 0.2) is 5.82 Å². The number of phenolic OH excluding ortho intramolecular Hbond substituents is 1. The van der Waals surface area contributed by atoms with E-state index in [0.717, 1.165) is 0 Å². The summed E-state index contributed by atoms with van der Waals surface area (Å²) < 4.78 is 27.3. The van der Waals surface area contributed by atoms with Crippen LogP contribution in [0, 0.1) is 18.6 Å². The molecule has 0 heterocycles. The first-order valence-corrected chi connectivity index (χ1v) is 6.03. The summed E-state index contributed by atoms with van der Waals surface area (Å²) in [6, 6.07) is 7.38. The van der Waals surface area contributed by atoms with E-state index < -0.39 is 11.6 Å². The maximum atomic E-state index is 13.8. The first-order chi connectivity index (χ1) is 9.00. The Morgan fingerprint density at radius 1 is 1.21 bits per heavy atom. The molecular formula is C14H12ClF2NO. The van der Waals surface area contributed by atoms with Gasteiger partial charge in [-0.1, -0.05) is 29.8 Å². The SMILES string of the molecule is Cc1ccc(F)c(NCc2cccc(Cl)c2O)c1F. The smallest absolute Gasteiger partial charge is 0.152 e. The third-order valence-corrected chi connectivity index (χ3v) is 3.12. The van der Waals surface area contributed by atoms with E-state index in [-0.39, 0.29) is 23.0 Å². The number of rotatable bonds is 3. The van der Waals surface area contributed by atoms with Gasteiger partial charge < -0.3 is 10.4 Å². The van der Waals surface area contributed by atoms with Gasteiger partial charge in [-0.2, -0.15) is 0 Å². The molecule has 0 fully saturated rings. The zero-order valence-corrected chi connectivity index (χ0v) is 10.9. The first-order valence-electron chi connectivity index (χ1n) is 5.65. The molecule has 0 amide bonds. The second-order valence-corrected chi connectivity index (χ2v) is 4.56. The lowest BCUT2D eigenvalue weighted by molar-refractivity contribution is 0.469. The van der Waals surface area contributed by atoms with E-state index in [2.05, 4.69) is 5.32 Å². The van der Waals surface area contributed by atoms with Crippen LogP contribution in [0.15, 0.2) is 30.3 Å². The Kier molecular flexibility index (Phi) is 3.90. The number of anilines is 1. The molecular weight excluding hydrogens is 272 g/mol. The van der Waals surface area contributed by atoms with Crippen LogP contribution in [0.4, 0.5) is 14.5 Å². The molecule has 19 heavy (non-hydrogen) atoms. The van der Waals surface area contributed by atoms with Crippen molar-refractivity contribution in [3.8, 4) is 5.75 Å². The normalized spacial score (nSPS) is 10.5. The fourth-order valence-electron chi connectivity index (χ4n) is 1.70. The van der Waals surface area contributed by atoms with E-state index in [9.17, 15) is 13.9 Å². The Morgan fingerprint density at radius 2 is 1.95 bits per heavy atom. The summed E-state index contributed by atoms with van der Waals surface area (Å²) in [5, 5.41) is 12.5.